The second-order valence-corrected chi connectivity index (χ2v) is 8.43. The van der Waals surface area contributed by atoms with Gasteiger partial charge in [0.2, 0.25) is 5.16 Å². The molecule has 0 aliphatic carbocycles. The number of nitriles is 1. The Bertz CT molecular complexity index is 1440. The molecule has 0 bridgehead atoms. The predicted octanol–water partition coefficient (Wildman–Crippen LogP) is 5.85. The molecule has 0 radical (unpaired) electrons. The third-order valence-electron chi connectivity index (χ3n) is 5.10. The third-order valence-corrected chi connectivity index (χ3v) is 6.24. The van der Waals surface area contributed by atoms with Crippen molar-refractivity contribution >= 4 is 45.4 Å². The Hall–Kier alpha value is -3.40. The van der Waals surface area contributed by atoms with E-state index in [0.717, 1.165) is 33.2 Å². The zero-order valence-electron chi connectivity index (χ0n) is 16.4. The Morgan fingerprint density at radius 3 is 2.55 bits per heavy atom. The van der Waals surface area contributed by atoms with Crippen LogP contribution < -0.4 is 0 Å². The number of fused-ring (bicyclic) bond motifs is 3. The van der Waals surface area contributed by atoms with Gasteiger partial charge in [-0.1, -0.05) is 71.9 Å². The molecule has 5 rings (SSSR count). The summed E-state index contributed by atoms with van der Waals surface area (Å²) in [7, 11) is 0. The van der Waals surface area contributed by atoms with Crippen molar-refractivity contribution in [1.29, 1.82) is 5.26 Å². The van der Waals surface area contributed by atoms with Gasteiger partial charge in [-0.2, -0.15) is 5.26 Å². The maximum Gasteiger partial charge on any atom is 0.211 e. The smallest absolute Gasteiger partial charge is 0.211 e. The highest BCUT2D eigenvalue weighted by atomic mass is 35.5. The summed E-state index contributed by atoms with van der Waals surface area (Å²) in [5.74, 6) is 0.605. The first-order chi connectivity index (χ1) is 15.2. The van der Waals surface area contributed by atoms with E-state index < -0.39 is 0 Å². The first kappa shape index (κ1) is 19.6. The van der Waals surface area contributed by atoms with Crippen molar-refractivity contribution in [2.75, 3.05) is 0 Å². The van der Waals surface area contributed by atoms with E-state index in [9.17, 15) is 5.26 Å². The molecule has 0 unspecified atom stereocenters. The molecule has 31 heavy (non-hydrogen) atoms. The van der Waals surface area contributed by atoms with Gasteiger partial charge in [0.25, 0.3) is 0 Å². The number of aromatic nitrogens is 4. The van der Waals surface area contributed by atoms with Gasteiger partial charge < -0.3 is 4.57 Å². The second kappa shape index (κ2) is 8.38. The van der Waals surface area contributed by atoms with Gasteiger partial charge >= 0.3 is 0 Å². The van der Waals surface area contributed by atoms with Gasteiger partial charge in [-0.15, -0.1) is 10.2 Å². The number of benzene rings is 3. The number of thioether (sulfide) groups is 1. The van der Waals surface area contributed by atoms with Crippen LogP contribution in [0.15, 0.2) is 78.0 Å². The zero-order valence-corrected chi connectivity index (χ0v) is 17.9. The summed E-state index contributed by atoms with van der Waals surface area (Å²) in [4.78, 5) is 4.84. The molecule has 3 aromatic carbocycles. The fourth-order valence-corrected chi connectivity index (χ4v) is 4.49. The van der Waals surface area contributed by atoms with E-state index >= 15 is 0 Å². The SMILES string of the molecule is N#Cc1ccccc1CSc1nnc2c3ccccc3n(Cc3ccc(Cl)cc3)c2n1. The maximum absolute atomic E-state index is 9.32. The Balaban J connectivity index is 1.54. The van der Waals surface area contributed by atoms with Crippen molar-refractivity contribution in [1.82, 2.24) is 19.7 Å². The van der Waals surface area contributed by atoms with Crippen molar-refractivity contribution < 1.29 is 0 Å². The van der Waals surface area contributed by atoms with E-state index in [2.05, 4.69) is 26.9 Å². The van der Waals surface area contributed by atoms with Crippen molar-refractivity contribution in [3.63, 3.8) is 0 Å². The van der Waals surface area contributed by atoms with E-state index in [1.807, 2.05) is 66.7 Å². The van der Waals surface area contributed by atoms with E-state index in [0.29, 0.717) is 28.0 Å². The van der Waals surface area contributed by atoms with Crippen LogP contribution in [0.5, 0.6) is 0 Å². The summed E-state index contributed by atoms with van der Waals surface area (Å²) in [5, 5.41) is 20.5. The molecule has 0 atom stereocenters. The summed E-state index contributed by atoms with van der Waals surface area (Å²) in [5.41, 5.74) is 5.39. The molecule has 5 aromatic rings. The molecule has 0 aliphatic heterocycles. The number of rotatable bonds is 5. The quantitative estimate of drug-likeness (QED) is 0.320. The Labute approximate surface area is 188 Å². The number of para-hydroxylation sites is 1. The molecule has 2 heterocycles. The molecule has 0 fully saturated rings. The Morgan fingerprint density at radius 1 is 0.935 bits per heavy atom. The molecule has 0 saturated heterocycles. The van der Waals surface area contributed by atoms with Gasteiger partial charge in [-0.3, -0.25) is 0 Å². The number of hydrogen-bond donors (Lipinski definition) is 0. The molecule has 0 amide bonds. The molecular weight excluding hydrogens is 426 g/mol. The Morgan fingerprint density at radius 2 is 1.71 bits per heavy atom. The minimum Gasteiger partial charge on any atom is -0.319 e. The summed E-state index contributed by atoms with van der Waals surface area (Å²) >= 11 is 7.53. The lowest BCUT2D eigenvalue weighted by atomic mass is 10.1. The van der Waals surface area contributed by atoms with Crippen LogP contribution in [-0.4, -0.2) is 19.7 Å². The van der Waals surface area contributed by atoms with Crippen LogP contribution in [0.1, 0.15) is 16.7 Å². The first-order valence-electron chi connectivity index (χ1n) is 9.70. The highest BCUT2D eigenvalue weighted by Gasteiger charge is 2.15. The fraction of sp³-hybridized carbons (Fsp3) is 0.0833. The zero-order chi connectivity index (χ0) is 21.2. The third kappa shape index (κ3) is 3.86. The summed E-state index contributed by atoms with van der Waals surface area (Å²) in [6.07, 6.45) is 0. The topological polar surface area (TPSA) is 67.4 Å². The monoisotopic (exact) mass is 441 g/mol. The summed E-state index contributed by atoms with van der Waals surface area (Å²) in [6.45, 7) is 0.654. The van der Waals surface area contributed by atoms with Crippen LogP contribution in [0.25, 0.3) is 22.1 Å². The number of hydrogen-bond acceptors (Lipinski definition) is 5. The lowest BCUT2D eigenvalue weighted by Crippen LogP contribution is -2.02. The number of halogens is 1. The van der Waals surface area contributed by atoms with Gasteiger partial charge in [-0.05, 0) is 35.4 Å². The van der Waals surface area contributed by atoms with Crippen LogP contribution in [0.4, 0.5) is 0 Å². The van der Waals surface area contributed by atoms with Crippen LogP contribution in [0.2, 0.25) is 5.02 Å². The average molecular weight is 442 g/mol. The number of nitrogens with zero attached hydrogens (tertiary/aromatic N) is 5. The van der Waals surface area contributed by atoms with Gasteiger partial charge in [0, 0.05) is 22.7 Å². The molecule has 0 aliphatic rings. The van der Waals surface area contributed by atoms with E-state index in [1.165, 1.54) is 11.8 Å². The van der Waals surface area contributed by atoms with Gasteiger partial charge in [0.05, 0.1) is 17.1 Å². The van der Waals surface area contributed by atoms with Gasteiger partial charge in [0.1, 0.15) is 5.52 Å². The maximum atomic E-state index is 9.32. The van der Waals surface area contributed by atoms with Crippen molar-refractivity contribution in [3.05, 3.63) is 94.5 Å². The van der Waals surface area contributed by atoms with Gasteiger partial charge in [0.15, 0.2) is 5.65 Å². The molecule has 0 saturated carbocycles. The second-order valence-electron chi connectivity index (χ2n) is 7.05. The molecule has 0 spiro atoms. The normalized spacial score (nSPS) is 11.1. The molecular formula is C24H16ClN5S. The van der Waals surface area contributed by atoms with Crippen LogP contribution in [0.3, 0.4) is 0 Å². The van der Waals surface area contributed by atoms with Crippen molar-refractivity contribution in [2.45, 2.75) is 17.5 Å². The summed E-state index contributed by atoms with van der Waals surface area (Å²) < 4.78 is 2.16. The summed E-state index contributed by atoms with van der Waals surface area (Å²) in [6, 6.07) is 25.8. The van der Waals surface area contributed by atoms with Crippen LogP contribution >= 0.6 is 23.4 Å². The average Bonchev–Trinajstić information content (AvgIpc) is 3.12. The van der Waals surface area contributed by atoms with Crippen LogP contribution in [-0.2, 0) is 12.3 Å². The standard InChI is InChI=1S/C24H16ClN5S/c25-19-11-9-16(10-12-19)14-30-21-8-4-3-7-20(21)22-23(30)27-24(29-28-22)31-15-18-6-2-1-5-17(18)13-26/h1-12H,14-15H2. The van der Waals surface area contributed by atoms with Crippen molar-refractivity contribution in [3.8, 4) is 6.07 Å². The first-order valence-corrected chi connectivity index (χ1v) is 11.1. The predicted molar refractivity (Wildman–Crippen MR) is 124 cm³/mol. The van der Waals surface area contributed by atoms with Crippen molar-refractivity contribution in [2.24, 2.45) is 0 Å². The Kier molecular flexibility index (Phi) is 5.29. The minimum atomic E-state index is 0.584. The highest BCUT2D eigenvalue weighted by Crippen LogP contribution is 2.29. The van der Waals surface area contributed by atoms with Gasteiger partial charge in [-0.25, -0.2) is 4.98 Å². The molecule has 0 N–H and O–H groups in total. The van der Waals surface area contributed by atoms with E-state index in [4.69, 9.17) is 16.6 Å². The highest BCUT2D eigenvalue weighted by molar-refractivity contribution is 7.98. The van der Waals surface area contributed by atoms with E-state index in [-0.39, 0.29) is 0 Å². The molecule has 2 aromatic heterocycles. The lowest BCUT2D eigenvalue weighted by molar-refractivity contribution is 0.814. The molecule has 7 heteroatoms. The van der Waals surface area contributed by atoms with Crippen LogP contribution in [0, 0.1) is 11.3 Å². The fourth-order valence-electron chi connectivity index (χ4n) is 3.58. The minimum absolute atomic E-state index is 0.584. The molecule has 150 valence electrons. The molecule has 5 nitrogen and oxygen atoms in total. The largest absolute Gasteiger partial charge is 0.319 e. The van der Waals surface area contributed by atoms with E-state index in [1.54, 1.807) is 0 Å². The lowest BCUT2D eigenvalue weighted by Gasteiger charge is -2.08.